The average molecular weight is 368 g/mol. The molecule has 0 saturated carbocycles. The lowest BCUT2D eigenvalue weighted by Crippen LogP contribution is -2.07. The first-order valence-electron chi connectivity index (χ1n) is 6.92. The van der Waals surface area contributed by atoms with Crippen LogP contribution in [0.25, 0.3) is 22.8 Å². The second-order valence-electron chi connectivity index (χ2n) is 5.10. The number of halogens is 4. The molecule has 0 aliphatic carbocycles. The fourth-order valence-electron chi connectivity index (χ4n) is 2.42. The van der Waals surface area contributed by atoms with Crippen molar-refractivity contribution in [2.45, 2.75) is 6.18 Å². The summed E-state index contributed by atoms with van der Waals surface area (Å²) in [6, 6.07) is 7.74. The van der Waals surface area contributed by atoms with Crippen LogP contribution in [0.2, 0.25) is 5.02 Å². The number of hydrogen-bond acceptors (Lipinski definition) is 3. The van der Waals surface area contributed by atoms with Crippen molar-refractivity contribution in [3.8, 4) is 5.82 Å². The molecular formula is C16H9ClF3N3O2. The highest BCUT2D eigenvalue weighted by Crippen LogP contribution is 2.33. The molecule has 0 saturated heterocycles. The molecule has 2 aromatic heterocycles. The smallest absolute Gasteiger partial charge is 0.299 e. The van der Waals surface area contributed by atoms with Crippen LogP contribution >= 0.6 is 11.6 Å². The van der Waals surface area contributed by atoms with E-state index in [0.29, 0.717) is 22.7 Å². The SMILES string of the molecule is O=[N+]([O-])C=Cc1cn(-c2ncc(C(F)(F)F)cc2Cl)c2ccccc12. The number of rotatable bonds is 3. The van der Waals surface area contributed by atoms with Crippen molar-refractivity contribution in [3.63, 3.8) is 0 Å². The molecule has 2 heterocycles. The highest BCUT2D eigenvalue weighted by molar-refractivity contribution is 6.32. The highest BCUT2D eigenvalue weighted by Gasteiger charge is 2.31. The number of pyridine rings is 1. The van der Waals surface area contributed by atoms with E-state index in [1.165, 1.54) is 16.8 Å². The molecule has 25 heavy (non-hydrogen) atoms. The molecule has 0 bridgehead atoms. The van der Waals surface area contributed by atoms with E-state index < -0.39 is 16.7 Å². The summed E-state index contributed by atoms with van der Waals surface area (Å²) >= 11 is 6.00. The summed E-state index contributed by atoms with van der Waals surface area (Å²) in [5.74, 6) is 0.103. The Morgan fingerprint density at radius 2 is 2.00 bits per heavy atom. The van der Waals surface area contributed by atoms with Gasteiger partial charge in [-0.05, 0) is 12.1 Å². The Hall–Kier alpha value is -2.87. The van der Waals surface area contributed by atoms with Crippen molar-refractivity contribution < 1.29 is 18.1 Å². The van der Waals surface area contributed by atoms with Crippen LogP contribution < -0.4 is 0 Å². The number of nitro groups is 1. The van der Waals surface area contributed by atoms with Crippen LogP contribution in [0.15, 0.2) is 48.9 Å². The molecule has 1 aromatic carbocycles. The number of fused-ring (bicyclic) bond motifs is 1. The maximum Gasteiger partial charge on any atom is 0.417 e. The maximum atomic E-state index is 12.8. The number of benzene rings is 1. The Kier molecular flexibility index (Phi) is 4.22. The van der Waals surface area contributed by atoms with Gasteiger partial charge in [0.25, 0.3) is 0 Å². The van der Waals surface area contributed by atoms with Gasteiger partial charge in [-0.1, -0.05) is 29.8 Å². The maximum absolute atomic E-state index is 12.8. The fourth-order valence-corrected chi connectivity index (χ4v) is 2.68. The summed E-state index contributed by atoms with van der Waals surface area (Å²) in [5, 5.41) is 11.0. The van der Waals surface area contributed by atoms with E-state index in [-0.39, 0.29) is 10.8 Å². The Labute approximate surface area is 144 Å². The molecule has 0 aliphatic rings. The van der Waals surface area contributed by atoms with Crippen LogP contribution in [0, 0.1) is 10.1 Å². The van der Waals surface area contributed by atoms with Crippen LogP contribution in [-0.4, -0.2) is 14.5 Å². The first-order valence-corrected chi connectivity index (χ1v) is 7.30. The van der Waals surface area contributed by atoms with Crippen LogP contribution in [0.5, 0.6) is 0 Å². The Bertz CT molecular complexity index is 996. The van der Waals surface area contributed by atoms with Crippen molar-refractivity contribution in [3.05, 3.63) is 75.2 Å². The summed E-state index contributed by atoms with van der Waals surface area (Å²) in [6.07, 6.45) is -0.229. The number of aromatic nitrogens is 2. The van der Waals surface area contributed by atoms with Crippen molar-refractivity contribution in [1.29, 1.82) is 0 Å². The minimum Gasteiger partial charge on any atom is -0.299 e. The average Bonchev–Trinajstić information content (AvgIpc) is 2.91. The molecule has 0 radical (unpaired) electrons. The lowest BCUT2D eigenvalue weighted by atomic mass is 10.2. The summed E-state index contributed by atoms with van der Waals surface area (Å²) in [4.78, 5) is 13.8. The van der Waals surface area contributed by atoms with E-state index in [9.17, 15) is 23.3 Å². The molecule has 0 unspecified atom stereocenters. The number of para-hydroxylation sites is 1. The Morgan fingerprint density at radius 1 is 1.28 bits per heavy atom. The summed E-state index contributed by atoms with van der Waals surface area (Å²) in [5.41, 5.74) is 0.177. The minimum atomic E-state index is -4.55. The first kappa shape index (κ1) is 17.0. The minimum absolute atomic E-state index is 0.103. The van der Waals surface area contributed by atoms with Gasteiger partial charge in [-0.3, -0.25) is 14.7 Å². The van der Waals surface area contributed by atoms with Gasteiger partial charge >= 0.3 is 6.18 Å². The second kappa shape index (κ2) is 6.21. The van der Waals surface area contributed by atoms with Gasteiger partial charge in [0.1, 0.15) is 0 Å². The van der Waals surface area contributed by atoms with Gasteiger partial charge in [-0.15, -0.1) is 0 Å². The molecule has 0 amide bonds. The van der Waals surface area contributed by atoms with Crippen molar-refractivity contribution in [2.24, 2.45) is 0 Å². The first-order chi connectivity index (χ1) is 11.8. The molecule has 0 spiro atoms. The molecule has 128 valence electrons. The molecule has 0 atom stereocenters. The van der Waals surface area contributed by atoms with E-state index in [4.69, 9.17) is 11.6 Å². The molecular weight excluding hydrogens is 359 g/mol. The van der Waals surface area contributed by atoms with Crippen LogP contribution in [0.4, 0.5) is 13.2 Å². The zero-order chi connectivity index (χ0) is 18.2. The lowest BCUT2D eigenvalue weighted by molar-refractivity contribution is -0.400. The van der Waals surface area contributed by atoms with Gasteiger partial charge in [0.2, 0.25) is 6.20 Å². The molecule has 0 aliphatic heterocycles. The standard InChI is InChI=1S/C16H9ClF3N3O2/c17-13-7-11(16(18,19)20)8-21-15(13)22-9-10(5-6-23(24)25)12-3-1-2-4-14(12)22/h1-9H. The number of nitrogens with zero attached hydrogens (tertiary/aromatic N) is 3. The molecule has 0 N–H and O–H groups in total. The van der Waals surface area contributed by atoms with Crippen molar-refractivity contribution >= 4 is 28.6 Å². The lowest BCUT2D eigenvalue weighted by Gasteiger charge is -2.10. The van der Waals surface area contributed by atoms with Crippen molar-refractivity contribution in [2.75, 3.05) is 0 Å². The summed E-state index contributed by atoms with van der Waals surface area (Å²) in [6.45, 7) is 0. The molecule has 3 rings (SSSR count). The van der Waals surface area contributed by atoms with Gasteiger partial charge < -0.3 is 0 Å². The van der Waals surface area contributed by atoms with Crippen molar-refractivity contribution in [1.82, 2.24) is 9.55 Å². The van der Waals surface area contributed by atoms with E-state index >= 15 is 0 Å². The number of hydrogen-bond donors (Lipinski definition) is 0. The summed E-state index contributed by atoms with van der Waals surface area (Å²) < 4.78 is 39.8. The van der Waals surface area contributed by atoms with Crippen LogP contribution in [0.1, 0.15) is 11.1 Å². The van der Waals surface area contributed by atoms with Gasteiger partial charge in [0.15, 0.2) is 5.82 Å². The summed E-state index contributed by atoms with van der Waals surface area (Å²) in [7, 11) is 0. The quantitative estimate of drug-likeness (QED) is 0.486. The molecule has 9 heteroatoms. The third-order valence-corrected chi connectivity index (χ3v) is 3.77. The third-order valence-electron chi connectivity index (χ3n) is 3.50. The molecule has 5 nitrogen and oxygen atoms in total. The van der Waals surface area contributed by atoms with Crippen LogP contribution in [0.3, 0.4) is 0 Å². The van der Waals surface area contributed by atoms with E-state index in [1.807, 2.05) is 0 Å². The van der Waals surface area contributed by atoms with E-state index in [0.717, 1.165) is 12.3 Å². The normalized spacial score (nSPS) is 12.2. The van der Waals surface area contributed by atoms with E-state index in [1.54, 1.807) is 24.3 Å². The number of alkyl halides is 3. The second-order valence-corrected chi connectivity index (χ2v) is 5.51. The predicted octanol–water partition coefficient (Wildman–Crippen LogP) is 4.95. The van der Waals surface area contributed by atoms with Gasteiger partial charge in [-0.2, -0.15) is 13.2 Å². The Morgan fingerprint density at radius 3 is 2.64 bits per heavy atom. The zero-order valence-corrected chi connectivity index (χ0v) is 13.1. The highest BCUT2D eigenvalue weighted by atomic mass is 35.5. The molecule has 0 fully saturated rings. The van der Waals surface area contributed by atoms with E-state index in [2.05, 4.69) is 4.98 Å². The van der Waals surface area contributed by atoms with Gasteiger partial charge in [0, 0.05) is 29.4 Å². The molecule has 3 aromatic rings. The predicted molar refractivity (Wildman–Crippen MR) is 87.1 cm³/mol. The third kappa shape index (κ3) is 3.34. The monoisotopic (exact) mass is 367 g/mol. The largest absolute Gasteiger partial charge is 0.417 e. The zero-order valence-electron chi connectivity index (χ0n) is 12.4. The van der Waals surface area contributed by atoms with Crippen LogP contribution in [-0.2, 0) is 6.18 Å². The van der Waals surface area contributed by atoms with Gasteiger partial charge in [0.05, 0.1) is 21.0 Å². The Balaban J connectivity index is 2.18. The van der Waals surface area contributed by atoms with Gasteiger partial charge in [-0.25, -0.2) is 4.98 Å². The fraction of sp³-hybridized carbons (Fsp3) is 0.0625. The topological polar surface area (TPSA) is 61.0 Å².